The highest BCUT2D eigenvalue weighted by atomic mass is 35.5. The van der Waals surface area contributed by atoms with Crippen LogP contribution in [-0.2, 0) is 11.8 Å². The number of aromatic nitrogens is 3. The van der Waals surface area contributed by atoms with Crippen LogP contribution in [0.2, 0.25) is 5.02 Å². The summed E-state index contributed by atoms with van der Waals surface area (Å²) in [5, 5.41) is 23.0. The zero-order chi connectivity index (χ0) is 22.5. The molecule has 1 atom stereocenters. The van der Waals surface area contributed by atoms with E-state index in [1.54, 1.807) is 42.8 Å². The normalized spacial score (nSPS) is 11.7. The molecule has 31 heavy (non-hydrogen) atoms. The minimum absolute atomic E-state index is 0.0455. The Bertz CT molecular complexity index is 1120. The molecule has 0 spiro atoms. The Labute approximate surface area is 187 Å². The molecule has 162 valence electrons. The van der Waals surface area contributed by atoms with Gasteiger partial charge in [0.2, 0.25) is 5.91 Å². The first-order valence-corrected chi connectivity index (χ1v) is 10.6. The van der Waals surface area contributed by atoms with Gasteiger partial charge in [0.1, 0.15) is 5.75 Å². The van der Waals surface area contributed by atoms with Crippen LogP contribution in [0.15, 0.2) is 47.6 Å². The van der Waals surface area contributed by atoms with Crippen molar-refractivity contribution in [3.8, 4) is 5.75 Å². The molecule has 1 amide bonds. The summed E-state index contributed by atoms with van der Waals surface area (Å²) < 4.78 is 7.62. The van der Waals surface area contributed by atoms with Gasteiger partial charge in [-0.25, -0.2) is 0 Å². The molecule has 0 bridgehead atoms. The average Bonchev–Trinajstić information content (AvgIpc) is 3.10. The summed E-state index contributed by atoms with van der Waals surface area (Å²) in [7, 11) is 1.78. The first-order chi connectivity index (χ1) is 14.8. The van der Waals surface area contributed by atoms with Gasteiger partial charge in [-0.15, -0.1) is 10.2 Å². The number of hydrogen-bond acceptors (Lipinski definition) is 7. The van der Waals surface area contributed by atoms with Crippen LogP contribution < -0.4 is 10.1 Å². The zero-order valence-corrected chi connectivity index (χ0v) is 18.6. The number of nitrogens with one attached hydrogen (secondary N) is 1. The van der Waals surface area contributed by atoms with Crippen molar-refractivity contribution in [1.29, 1.82) is 0 Å². The monoisotopic (exact) mass is 461 g/mol. The van der Waals surface area contributed by atoms with Gasteiger partial charge in [-0.2, -0.15) is 0 Å². The number of rotatable bonds is 8. The highest BCUT2D eigenvalue weighted by Gasteiger charge is 2.19. The van der Waals surface area contributed by atoms with Crippen LogP contribution in [0, 0.1) is 17.0 Å². The van der Waals surface area contributed by atoms with Gasteiger partial charge in [0.05, 0.1) is 15.7 Å². The number of carbonyl (C=O) groups is 1. The van der Waals surface area contributed by atoms with E-state index in [0.717, 1.165) is 0 Å². The lowest BCUT2D eigenvalue weighted by Crippen LogP contribution is -2.15. The number of nitro groups is 1. The second-order valence-electron chi connectivity index (χ2n) is 6.69. The summed E-state index contributed by atoms with van der Waals surface area (Å²) in [5.74, 6) is 0.874. The van der Waals surface area contributed by atoms with Crippen molar-refractivity contribution < 1.29 is 14.5 Å². The molecule has 9 nitrogen and oxygen atoms in total. The third-order valence-corrected chi connectivity index (χ3v) is 5.73. The Morgan fingerprint density at radius 2 is 2.06 bits per heavy atom. The molecule has 1 N–H and O–H groups in total. The minimum Gasteiger partial charge on any atom is -0.481 e. The third-order valence-electron chi connectivity index (χ3n) is 4.39. The minimum atomic E-state index is -0.479. The summed E-state index contributed by atoms with van der Waals surface area (Å²) in [6, 6.07) is 11.7. The largest absolute Gasteiger partial charge is 0.481 e. The quantitative estimate of drug-likeness (QED) is 0.297. The lowest BCUT2D eigenvalue weighted by Gasteiger charge is -2.15. The maximum atomic E-state index is 12.3. The van der Waals surface area contributed by atoms with Gasteiger partial charge in [0.15, 0.2) is 17.1 Å². The molecule has 2 aromatic carbocycles. The van der Waals surface area contributed by atoms with Crippen molar-refractivity contribution in [2.45, 2.75) is 25.1 Å². The van der Waals surface area contributed by atoms with Crippen LogP contribution in [0.4, 0.5) is 11.4 Å². The van der Waals surface area contributed by atoms with Gasteiger partial charge in [-0.1, -0.05) is 41.6 Å². The molecular weight excluding hydrogens is 442 g/mol. The van der Waals surface area contributed by atoms with E-state index in [4.69, 9.17) is 16.3 Å². The molecule has 11 heteroatoms. The second kappa shape index (κ2) is 9.80. The summed E-state index contributed by atoms with van der Waals surface area (Å²) >= 11 is 7.33. The second-order valence-corrected chi connectivity index (χ2v) is 8.04. The third kappa shape index (κ3) is 5.53. The van der Waals surface area contributed by atoms with Gasteiger partial charge >= 0.3 is 0 Å². The molecular formula is C20H20ClN5O4S. The zero-order valence-electron chi connectivity index (χ0n) is 17.0. The number of nitro benzene ring substituents is 1. The van der Waals surface area contributed by atoms with Gasteiger partial charge in [0, 0.05) is 24.4 Å². The maximum Gasteiger partial charge on any atom is 0.274 e. The molecule has 0 saturated heterocycles. The Kier molecular flexibility index (Phi) is 7.13. The predicted octanol–water partition coefficient (Wildman–Crippen LogP) is 4.56. The molecule has 0 fully saturated rings. The van der Waals surface area contributed by atoms with Crippen molar-refractivity contribution in [3.63, 3.8) is 0 Å². The molecule has 0 aliphatic heterocycles. The topological polar surface area (TPSA) is 112 Å². The van der Waals surface area contributed by atoms with E-state index in [-0.39, 0.29) is 17.3 Å². The molecule has 0 aliphatic carbocycles. The fraction of sp³-hybridized carbons (Fsp3) is 0.250. The number of halogens is 1. The summed E-state index contributed by atoms with van der Waals surface area (Å²) in [6.07, 6.45) is -0.409. The van der Waals surface area contributed by atoms with Crippen molar-refractivity contribution in [2.24, 2.45) is 7.05 Å². The summed E-state index contributed by atoms with van der Waals surface area (Å²) in [4.78, 5) is 22.9. The molecule has 0 radical (unpaired) electrons. The number of ether oxygens (including phenoxy) is 1. The molecule has 1 aromatic heterocycles. The van der Waals surface area contributed by atoms with E-state index in [2.05, 4.69) is 15.5 Å². The molecule has 1 heterocycles. The van der Waals surface area contributed by atoms with E-state index < -0.39 is 11.0 Å². The van der Waals surface area contributed by atoms with Gasteiger partial charge in [0.25, 0.3) is 5.69 Å². The van der Waals surface area contributed by atoms with Gasteiger partial charge < -0.3 is 14.6 Å². The van der Waals surface area contributed by atoms with Crippen molar-refractivity contribution in [1.82, 2.24) is 14.8 Å². The highest BCUT2D eigenvalue weighted by molar-refractivity contribution is 7.99. The Morgan fingerprint density at radius 3 is 2.77 bits per heavy atom. The van der Waals surface area contributed by atoms with Crippen LogP contribution in [0.1, 0.15) is 24.4 Å². The van der Waals surface area contributed by atoms with E-state index in [9.17, 15) is 14.9 Å². The number of carbonyl (C=O) groups excluding carboxylic acids is 1. The number of aryl methyl sites for hydroxylation is 1. The molecule has 0 aliphatic rings. The number of amides is 1. The fourth-order valence-corrected chi connectivity index (χ4v) is 3.70. The number of para-hydroxylation sites is 1. The number of nitrogens with zero attached hydrogens (tertiary/aromatic N) is 4. The van der Waals surface area contributed by atoms with E-state index >= 15 is 0 Å². The van der Waals surface area contributed by atoms with E-state index in [0.29, 0.717) is 33.0 Å². The number of benzene rings is 2. The SMILES string of the molecule is Cc1ccc(NC(=O)CSc2nnc([C@@H](C)Oc3ccccc3Cl)n2C)cc1[N+](=O)[O-]. The Morgan fingerprint density at radius 1 is 1.32 bits per heavy atom. The first-order valence-electron chi connectivity index (χ1n) is 9.24. The highest BCUT2D eigenvalue weighted by Crippen LogP contribution is 2.29. The summed E-state index contributed by atoms with van der Waals surface area (Å²) in [5.41, 5.74) is 0.844. The maximum absolute atomic E-state index is 12.3. The molecule has 0 saturated carbocycles. The van der Waals surface area contributed by atoms with Gasteiger partial charge in [-0.3, -0.25) is 14.9 Å². The number of anilines is 1. The molecule has 0 unspecified atom stereocenters. The smallest absolute Gasteiger partial charge is 0.274 e. The molecule has 3 rings (SSSR count). The number of thioether (sulfide) groups is 1. The Hall–Kier alpha value is -3.11. The van der Waals surface area contributed by atoms with Crippen LogP contribution in [0.5, 0.6) is 5.75 Å². The first kappa shape index (κ1) is 22.6. The standard InChI is InChI=1S/C20H20ClN5O4S/c1-12-8-9-14(10-16(12)26(28)29)22-18(27)11-31-20-24-23-19(25(20)3)13(2)30-17-7-5-4-6-15(17)21/h4-10,13H,11H2,1-3H3,(H,22,27)/t13-/m1/s1. The van der Waals surface area contributed by atoms with Crippen LogP contribution in [0.25, 0.3) is 0 Å². The van der Waals surface area contributed by atoms with Crippen molar-refractivity contribution in [3.05, 3.63) is 69.0 Å². The Balaban J connectivity index is 1.61. The summed E-state index contributed by atoms with van der Waals surface area (Å²) in [6.45, 7) is 3.47. The van der Waals surface area contributed by atoms with Crippen molar-refractivity contribution in [2.75, 3.05) is 11.1 Å². The molecule has 3 aromatic rings. The van der Waals surface area contributed by atoms with E-state index in [1.807, 2.05) is 19.1 Å². The van der Waals surface area contributed by atoms with Crippen molar-refractivity contribution >= 4 is 40.6 Å². The number of hydrogen-bond donors (Lipinski definition) is 1. The van der Waals surface area contributed by atoms with Gasteiger partial charge in [-0.05, 0) is 32.0 Å². The predicted molar refractivity (Wildman–Crippen MR) is 119 cm³/mol. The lowest BCUT2D eigenvalue weighted by atomic mass is 10.2. The van der Waals surface area contributed by atoms with E-state index in [1.165, 1.54) is 17.8 Å². The van der Waals surface area contributed by atoms with Crippen LogP contribution >= 0.6 is 23.4 Å². The fourth-order valence-electron chi connectivity index (χ4n) is 2.80. The average molecular weight is 462 g/mol. The van der Waals surface area contributed by atoms with Crippen LogP contribution in [-0.4, -0.2) is 31.3 Å². The van der Waals surface area contributed by atoms with Crippen LogP contribution in [0.3, 0.4) is 0 Å². The lowest BCUT2D eigenvalue weighted by molar-refractivity contribution is -0.385.